The highest BCUT2D eigenvalue weighted by molar-refractivity contribution is 5.73. The molecule has 1 aromatic rings. The van der Waals surface area contributed by atoms with Crippen LogP contribution in [0.15, 0.2) is 18.2 Å². The first-order valence-corrected chi connectivity index (χ1v) is 7.95. The summed E-state index contributed by atoms with van der Waals surface area (Å²) in [7, 11) is 3.24. The number of nitrogens with one attached hydrogen (secondary N) is 2. The first kappa shape index (κ1) is 16.5. The van der Waals surface area contributed by atoms with Gasteiger partial charge in [-0.3, -0.25) is 0 Å². The summed E-state index contributed by atoms with van der Waals surface area (Å²) in [5, 5.41) is 5.86. The van der Waals surface area contributed by atoms with Crippen molar-refractivity contribution in [2.24, 2.45) is 5.92 Å². The second-order valence-corrected chi connectivity index (χ2v) is 5.73. The van der Waals surface area contributed by atoms with Gasteiger partial charge in [0.15, 0.2) is 11.5 Å². The van der Waals surface area contributed by atoms with Crippen LogP contribution in [0, 0.1) is 5.92 Å². The Morgan fingerprint density at radius 1 is 1.14 bits per heavy atom. The maximum atomic E-state index is 11.7. The maximum Gasteiger partial charge on any atom is 0.314 e. The number of amides is 2. The largest absolute Gasteiger partial charge is 0.493 e. The summed E-state index contributed by atoms with van der Waals surface area (Å²) < 4.78 is 10.5. The monoisotopic (exact) mass is 306 g/mol. The van der Waals surface area contributed by atoms with Crippen molar-refractivity contribution < 1.29 is 14.3 Å². The Hall–Kier alpha value is -1.91. The van der Waals surface area contributed by atoms with Gasteiger partial charge >= 0.3 is 6.03 Å². The third-order valence-electron chi connectivity index (χ3n) is 4.17. The molecule has 0 saturated heterocycles. The molecule has 0 aromatic heterocycles. The molecule has 22 heavy (non-hydrogen) atoms. The molecule has 0 spiro atoms. The van der Waals surface area contributed by atoms with E-state index in [2.05, 4.69) is 10.6 Å². The summed E-state index contributed by atoms with van der Waals surface area (Å²) in [6.07, 6.45) is 5.84. The van der Waals surface area contributed by atoms with Crippen LogP contribution >= 0.6 is 0 Å². The molecule has 1 aromatic carbocycles. The zero-order valence-electron chi connectivity index (χ0n) is 13.5. The van der Waals surface area contributed by atoms with Crippen LogP contribution in [0.25, 0.3) is 0 Å². The van der Waals surface area contributed by atoms with E-state index < -0.39 is 0 Å². The van der Waals surface area contributed by atoms with Crippen LogP contribution in [0.3, 0.4) is 0 Å². The molecule has 122 valence electrons. The Bertz CT molecular complexity index is 485. The van der Waals surface area contributed by atoms with Crippen molar-refractivity contribution in [3.63, 3.8) is 0 Å². The van der Waals surface area contributed by atoms with Crippen LogP contribution < -0.4 is 20.1 Å². The molecule has 2 N–H and O–H groups in total. The molecule has 1 saturated carbocycles. The van der Waals surface area contributed by atoms with Gasteiger partial charge in [0, 0.05) is 13.1 Å². The lowest BCUT2D eigenvalue weighted by atomic mass is 10.1. The van der Waals surface area contributed by atoms with Crippen LogP contribution in [0.1, 0.15) is 31.2 Å². The van der Waals surface area contributed by atoms with Crippen molar-refractivity contribution in [1.29, 1.82) is 0 Å². The topological polar surface area (TPSA) is 59.6 Å². The molecular weight excluding hydrogens is 280 g/mol. The van der Waals surface area contributed by atoms with Gasteiger partial charge in [0.05, 0.1) is 14.2 Å². The van der Waals surface area contributed by atoms with Crippen molar-refractivity contribution in [1.82, 2.24) is 10.6 Å². The third kappa shape index (κ3) is 4.83. The third-order valence-corrected chi connectivity index (χ3v) is 4.17. The Balaban J connectivity index is 1.70. The highest BCUT2D eigenvalue weighted by atomic mass is 16.5. The Morgan fingerprint density at radius 2 is 1.86 bits per heavy atom. The Morgan fingerprint density at radius 3 is 2.55 bits per heavy atom. The van der Waals surface area contributed by atoms with Gasteiger partial charge in [-0.25, -0.2) is 4.79 Å². The van der Waals surface area contributed by atoms with Crippen LogP contribution in [0.5, 0.6) is 11.5 Å². The number of rotatable bonds is 7. The number of carbonyl (C=O) groups is 1. The quantitative estimate of drug-likeness (QED) is 0.814. The fourth-order valence-corrected chi connectivity index (χ4v) is 2.87. The van der Waals surface area contributed by atoms with E-state index in [-0.39, 0.29) is 6.03 Å². The Kier molecular flexibility index (Phi) is 6.37. The van der Waals surface area contributed by atoms with E-state index in [0.29, 0.717) is 24.0 Å². The summed E-state index contributed by atoms with van der Waals surface area (Å²) in [6.45, 7) is 1.40. The van der Waals surface area contributed by atoms with Gasteiger partial charge in [0.1, 0.15) is 0 Å². The van der Waals surface area contributed by atoms with Gasteiger partial charge < -0.3 is 20.1 Å². The van der Waals surface area contributed by atoms with Crippen molar-refractivity contribution in [2.75, 3.05) is 27.3 Å². The van der Waals surface area contributed by atoms with Gasteiger partial charge in [-0.2, -0.15) is 0 Å². The molecule has 2 amide bonds. The molecule has 5 heteroatoms. The predicted octanol–water partition coefficient (Wildman–Crippen LogP) is 2.74. The number of carbonyl (C=O) groups excluding carboxylic acids is 1. The molecule has 2 rings (SSSR count). The van der Waals surface area contributed by atoms with Crippen LogP contribution in [-0.2, 0) is 6.42 Å². The summed E-state index contributed by atoms with van der Waals surface area (Å²) in [6, 6.07) is 5.73. The predicted molar refractivity (Wildman–Crippen MR) is 86.6 cm³/mol. The summed E-state index contributed by atoms with van der Waals surface area (Å²) in [4.78, 5) is 11.7. The smallest absolute Gasteiger partial charge is 0.314 e. The van der Waals surface area contributed by atoms with E-state index in [4.69, 9.17) is 9.47 Å². The van der Waals surface area contributed by atoms with E-state index in [9.17, 15) is 4.79 Å². The van der Waals surface area contributed by atoms with Gasteiger partial charge in [-0.15, -0.1) is 0 Å². The van der Waals surface area contributed by atoms with Crippen molar-refractivity contribution >= 4 is 6.03 Å². The molecule has 0 radical (unpaired) electrons. The number of hydrogen-bond donors (Lipinski definition) is 2. The zero-order chi connectivity index (χ0) is 15.8. The molecule has 1 aliphatic carbocycles. The fraction of sp³-hybridized carbons (Fsp3) is 0.588. The van der Waals surface area contributed by atoms with Gasteiger partial charge in [0.25, 0.3) is 0 Å². The van der Waals surface area contributed by atoms with Crippen LogP contribution in [0.4, 0.5) is 4.79 Å². The number of benzene rings is 1. The highest BCUT2D eigenvalue weighted by Gasteiger charge is 2.15. The molecule has 5 nitrogen and oxygen atoms in total. The van der Waals surface area contributed by atoms with Gasteiger partial charge in [0.2, 0.25) is 0 Å². The van der Waals surface area contributed by atoms with Gasteiger partial charge in [-0.1, -0.05) is 18.9 Å². The number of methoxy groups -OCH3 is 2. The number of urea groups is 1. The van der Waals surface area contributed by atoms with Crippen LogP contribution in [-0.4, -0.2) is 33.3 Å². The first-order chi connectivity index (χ1) is 10.7. The van der Waals surface area contributed by atoms with Gasteiger partial charge in [-0.05, 0) is 42.9 Å². The van der Waals surface area contributed by atoms with E-state index in [1.54, 1.807) is 14.2 Å². The molecular formula is C17H26N2O3. The zero-order valence-corrected chi connectivity index (χ0v) is 13.5. The second-order valence-electron chi connectivity index (χ2n) is 5.73. The molecule has 1 fully saturated rings. The molecule has 0 aliphatic heterocycles. The minimum atomic E-state index is -0.0765. The van der Waals surface area contributed by atoms with E-state index in [0.717, 1.165) is 18.5 Å². The number of hydrogen-bond acceptors (Lipinski definition) is 3. The van der Waals surface area contributed by atoms with E-state index >= 15 is 0 Å². The average Bonchev–Trinajstić information content (AvgIpc) is 3.06. The normalized spacial score (nSPS) is 14.6. The van der Waals surface area contributed by atoms with Crippen LogP contribution in [0.2, 0.25) is 0 Å². The summed E-state index contributed by atoms with van der Waals surface area (Å²) in [5.41, 5.74) is 1.11. The van der Waals surface area contributed by atoms with Crippen molar-refractivity contribution in [3.05, 3.63) is 23.8 Å². The molecule has 1 aliphatic rings. The lowest BCUT2D eigenvalue weighted by molar-refractivity contribution is 0.239. The molecule has 0 heterocycles. The van der Waals surface area contributed by atoms with E-state index in [1.807, 2.05) is 18.2 Å². The first-order valence-electron chi connectivity index (χ1n) is 7.95. The van der Waals surface area contributed by atoms with Crippen molar-refractivity contribution in [3.8, 4) is 11.5 Å². The lowest BCUT2D eigenvalue weighted by Gasteiger charge is -2.12. The molecule has 0 unspecified atom stereocenters. The average molecular weight is 306 g/mol. The molecule has 0 bridgehead atoms. The maximum absolute atomic E-state index is 11.7. The highest BCUT2D eigenvalue weighted by Crippen LogP contribution is 2.27. The second kappa shape index (κ2) is 8.51. The summed E-state index contributed by atoms with van der Waals surface area (Å²) >= 11 is 0. The lowest BCUT2D eigenvalue weighted by Crippen LogP contribution is -2.38. The summed E-state index contributed by atoms with van der Waals surface area (Å²) in [5.74, 6) is 2.09. The van der Waals surface area contributed by atoms with E-state index in [1.165, 1.54) is 25.7 Å². The van der Waals surface area contributed by atoms with Crippen molar-refractivity contribution in [2.45, 2.75) is 32.1 Å². The Labute approximate surface area is 132 Å². The fourth-order valence-electron chi connectivity index (χ4n) is 2.87. The standard InChI is InChI=1S/C17H26N2O3/c1-21-15-8-7-13(11-16(15)22-2)9-10-18-17(20)19-12-14-5-3-4-6-14/h7-8,11,14H,3-6,9-10,12H2,1-2H3,(H2,18,19,20). The number of ether oxygens (including phenoxy) is 2. The minimum absolute atomic E-state index is 0.0765. The SMILES string of the molecule is COc1ccc(CCNC(=O)NCC2CCCC2)cc1OC. The molecule has 0 atom stereocenters. The minimum Gasteiger partial charge on any atom is -0.493 e.